The molecule has 0 spiro atoms. The first-order valence-corrected chi connectivity index (χ1v) is 8.27. The van der Waals surface area contributed by atoms with Gasteiger partial charge < -0.3 is 9.15 Å². The Balaban J connectivity index is 1.43. The summed E-state index contributed by atoms with van der Waals surface area (Å²) in [5.74, 6) is 0.679. The summed E-state index contributed by atoms with van der Waals surface area (Å²) >= 11 is 0. The number of morpholine rings is 1. The third-order valence-corrected chi connectivity index (χ3v) is 4.28. The smallest absolute Gasteiger partial charge is 0.226 e. The Morgan fingerprint density at radius 2 is 1.75 bits per heavy atom. The van der Waals surface area contributed by atoms with Gasteiger partial charge in [0.1, 0.15) is 6.26 Å². The molecule has 1 aliphatic heterocycles. The molecule has 0 aliphatic carbocycles. The molecule has 4 rings (SSSR count). The van der Waals surface area contributed by atoms with E-state index in [-0.39, 0.29) is 6.10 Å². The van der Waals surface area contributed by atoms with Crippen molar-refractivity contribution in [3.8, 4) is 11.5 Å². The van der Waals surface area contributed by atoms with Crippen LogP contribution in [0, 0.1) is 0 Å². The molecule has 1 aliphatic rings. The molecule has 2 heterocycles. The van der Waals surface area contributed by atoms with Crippen molar-refractivity contribution < 1.29 is 9.15 Å². The summed E-state index contributed by atoms with van der Waals surface area (Å²) in [5.41, 5.74) is 3.20. The van der Waals surface area contributed by atoms with Gasteiger partial charge in [0.05, 0.1) is 18.4 Å². The molecule has 1 aromatic heterocycles. The monoisotopic (exact) mass is 320 g/mol. The maximum atomic E-state index is 5.92. The van der Waals surface area contributed by atoms with Crippen LogP contribution in [-0.4, -0.2) is 29.6 Å². The van der Waals surface area contributed by atoms with E-state index in [1.165, 1.54) is 5.56 Å². The van der Waals surface area contributed by atoms with E-state index in [1.807, 2.05) is 36.4 Å². The zero-order chi connectivity index (χ0) is 16.2. The highest BCUT2D eigenvalue weighted by molar-refractivity contribution is 5.52. The van der Waals surface area contributed by atoms with Crippen LogP contribution in [0.1, 0.15) is 17.4 Å². The summed E-state index contributed by atoms with van der Waals surface area (Å²) in [7, 11) is 0. The lowest BCUT2D eigenvalue weighted by Crippen LogP contribution is -2.37. The van der Waals surface area contributed by atoms with E-state index in [2.05, 4.69) is 34.1 Å². The van der Waals surface area contributed by atoms with Gasteiger partial charge in [-0.3, -0.25) is 4.90 Å². The minimum atomic E-state index is 0.125. The van der Waals surface area contributed by atoms with E-state index in [9.17, 15) is 0 Å². The SMILES string of the molecule is c1ccc(-c2nc(CN3CCO[C@@H](c4ccccc4)C3)co2)cc1. The second-order valence-electron chi connectivity index (χ2n) is 6.02. The van der Waals surface area contributed by atoms with Crippen LogP contribution in [0.2, 0.25) is 0 Å². The molecule has 1 fully saturated rings. The van der Waals surface area contributed by atoms with Gasteiger partial charge >= 0.3 is 0 Å². The second kappa shape index (κ2) is 6.99. The fourth-order valence-corrected chi connectivity index (χ4v) is 3.04. The van der Waals surface area contributed by atoms with Gasteiger partial charge in [0, 0.05) is 25.2 Å². The van der Waals surface area contributed by atoms with E-state index in [0.717, 1.165) is 37.5 Å². The summed E-state index contributed by atoms with van der Waals surface area (Å²) in [4.78, 5) is 6.99. The van der Waals surface area contributed by atoms with Crippen molar-refractivity contribution in [1.29, 1.82) is 0 Å². The van der Waals surface area contributed by atoms with E-state index < -0.39 is 0 Å². The first-order valence-electron chi connectivity index (χ1n) is 8.27. The number of nitrogens with zero attached hydrogens (tertiary/aromatic N) is 2. The van der Waals surface area contributed by atoms with Crippen molar-refractivity contribution in [3.05, 3.63) is 78.2 Å². The minimum absolute atomic E-state index is 0.125. The highest BCUT2D eigenvalue weighted by Gasteiger charge is 2.22. The zero-order valence-electron chi connectivity index (χ0n) is 13.5. The molecule has 0 radical (unpaired) electrons. The molecule has 3 aromatic rings. The van der Waals surface area contributed by atoms with Crippen molar-refractivity contribution in [3.63, 3.8) is 0 Å². The summed E-state index contributed by atoms with van der Waals surface area (Å²) < 4.78 is 11.6. The predicted octanol–water partition coefficient (Wildman–Crippen LogP) is 3.92. The molecule has 0 N–H and O–H groups in total. The number of hydrogen-bond donors (Lipinski definition) is 0. The van der Waals surface area contributed by atoms with E-state index >= 15 is 0 Å². The first kappa shape index (κ1) is 15.1. The fourth-order valence-electron chi connectivity index (χ4n) is 3.04. The Labute approximate surface area is 141 Å². The predicted molar refractivity (Wildman–Crippen MR) is 92.4 cm³/mol. The highest BCUT2D eigenvalue weighted by atomic mass is 16.5. The lowest BCUT2D eigenvalue weighted by atomic mass is 10.1. The molecule has 1 atom stereocenters. The summed E-state index contributed by atoms with van der Waals surface area (Å²) in [6.45, 7) is 3.31. The van der Waals surface area contributed by atoms with Gasteiger partial charge in [-0.15, -0.1) is 0 Å². The number of aromatic nitrogens is 1. The average molecular weight is 320 g/mol. The van der Waals surface area contributed by atoms with Gasteiger partial charge in [-0.05, 0) is 17.7 Å². The molecule has 2 aromatic carbocycles. The fraction of sp³-hybridized carbons (Fsp3) is 0.250. The van der Waals surface area contributed by atoms with Crippen LogP contribution >= 0.6 is 0 Å². The molecular formula is C20H20N2O2. The van der Waals surface area contributed by atoms with E-state index in [4.69, 9.17) is 9.15 Å². The van der Waals surface area contributed by atoms with Crippen molar-refractivity contribution in [2.45, 2.75) is 12.6 Å². The molecule has 4 heteroatoms. The Morgan fingerprint density at radius 1 is 1.00 bits per heavy atom. The van der Waals surface area contributed by atoms with Gasteiger partial charge in [0.2, 0.25) is 5.89 Å². The molecule has 122 valence electrons. The van der Waals surface area contributed by atoms with Crippen LogP contribution in [0.4, 0.5) is 0 Å². The molecule has 0 saturated carbocycles. The molecule has 24 heavy (non-hydrogen) atoms. The lowest BCUT2D eigenvalue weighted by Gasteiger charge is -2.32. The molecule has 4 nitrogen and oxygen atoms in total. The molecular weight excluding hydrogens is 300 g/mol. The summed E-state index contributed by atoms with van der Waals surface area (Å²) in [6, 6.07) is 20.4. The summed E-state index contributed by atoms with van der Waals surface area (Å²) in [6.07, 6.45) is 1.88. The third-order valence-electron chi connectivity index (χ3n) is 4.28. The normalized spacial score (nSPS) is 18.6. The van der Waals surface area contributed by atoms with Crippen LogP contribution in [-0.2, 0) is 11.3 Å². The van der Waals surface area contributed by atoms with Crippen LogP contribution in [0.25, 0.3) is 11.5 Å². The maximum Gasteiger partial charge on any atom is 0.226 e. The van der Waals surface area contributed by atoms with Gasteiger partial charge in [-0.25, -0.2) is 4.98 Å². The first-order chi connectivity index (χ1) is 11.9. The van der Waals surface area contributed by atoms with E-state index in [0.29, 0.717) is 5.89 Å². The average Bonchev–Trinajstić information content (AvgIpc) is 3.12. The zero-order valence-corrected chi connectivity index (χ0v) is 13.5. The molecule has 0 amide bonds. The number of rotatable bonds is 4. The minimum Gasteiger partial charge on any atom is -0.444 e. The molecule has 0 bridgehead atoms. The maximum absolute atomic E-state index is 5.92. The lowest BCUT2D eigenvalue weighted by molar-refractivity contribution is -0.0332. The quantitative estimate of drug-likeness (QED) is 0.730. The second-order valence-corrected chi connectivity index (χ2v) is 6.02. The Bertz CT molecular complexity index is 771. The van der Waals surface area contributed by atoms with Crippen molar-refractivity contribution in [2.75, 3.05) is 19.7 Å². The standard InChI is InChI=1S/C20H20N2O2/c1-3-7-16(8-4-1)19-14-22(11-12-23-19)13-18-15-24-20(21-18)17-9-5-2-6-10-17/h1-10,15,19H,11-14H2/t19-/m1/s1. The van der Waals surface area contributed by atoms with Crippen LogP contribution in [0.3, 0.4) is 0 Å². The third kappa shape index (κ3) is 3.40. The van der Waals surface area contributed by atoms with Crippen LogP contribution in [0.5, 0.6) is 0 Å². The highest BCUT2D eigenvalue weighted by Crippen LogP contribution is 2.24. The number of oxazole rings is 1. The van der Waals surface area contributed by atoms with Gasteiger partial charge in [-0.1, -0.05) is 48.5 Å². The Hall–Kier alpha value is -2.43. The van der Waals surface area contributed by atoms with Crippen molar-refractivity contribution in [2.24, 2.45) is 0 Å². The van der Waals surface area contributed by atoms with Crippen molar-refractivity contribution in [1.82, 2.24) is 9.88 Å². The molecule has 0 unspecified atom stereocenters. The number of ether oxygens (including phenoxy) is 1. The van der Waals surface area contributed by atoms with Crippen molar-refractivity contribution >= 4 is 0 Å². The van der Waals surface area contributed by atoms with Gasteiger partial charge in [0.25, 0.3) is 0 Å². The summed E-state index contributed by atoms with van der Waals surface area (Å²) in [5, 5.41) is 0. The molecule has 1 saturated heterocycles. The Morgan fingerprint density at radius 3 is 2.54 bits per heavy atom. The number of hydrogen-bond acceptors (Lipinski definition) is 4. The number of benzene rings is 2. The topological polar surface area (TPSA) is 38.5 Å². The largest absolute Gasteiger partial charge is 0.444 e. The Kier molecular flexibility index (Phi) is 4.40. The van der Waals surface area contributed by atoms with Gasteiger partial charge in [-0.2, -0.15) is 0 Å². The van der Waals surface area contributed by atoms with Crippen LogP contribution < -0.4 is 0 Å². The van der Waals surface area contributed by atoms with Gasteiger partial charge in [0.15, 0.2) is 0 Å². The van der Waals surface area contributed by atoms with Crippen LogP contribution in [0.15, 0.2) is 71.3 Å². The van der Waals surface area contributed by atoms with E-state index in [1.54, 1.807) is 6.26 Å².